The number of benzene rings is 1. The van der Waals surface area contributed by atoms with Gasteiger partial charge in [-0.15, -0.1) is 0 Å². The van der Waals surface area contributed by atoms with Crippen LogP contribution in [0.3, 0.4) is 0 Å². The zero-order chi connectivity index (χ0) is 13.9. The lowest BCUT2D eigenvalue weighted by Crippen LogP contribution is -2.21. The molecule has 3 heteroatoms. The fourth-order valence-corrected chi connectivity index (χ4v) is 2.23. The molecule has 0 aliphatic rings. The number of aryl methyl sites for hydroxylation is 3. The van der Waals surface area contributed by atoms with Crippen LogP contribution < -0.4 is 0 Å². The minimum atomic E-state index is -0.790. The van der Waals surface area contributed by atoms with Gasteiger partial charge in [-0.1, -0.05) is 31.2 Å². The van der Waals surface area contributed by atoms with Crippen LogP contribution in [0, 0.1) is 0 Å². The van der Waals surface area contributed by atoms with Crippen molar-refractivity contribution in [1.29, 1.82) is 0 Å². The molecule has 1 N–H and O–H groups in total. The molecule has 3 nitrogen and oxygen atoms in total. The van der Waals surface area contributed by atoms with Crippen LogP contribution in [0.15, 0.2) is 36.7 Å². The maximum Gasteiger partial charge on any atom is 0.0871 e. The zero-order valence-electron chi connectivity index (χ0n) is 11.9. The summed E-state index contributed by atoms with van der Waals surface area (Å²) in [5, 5.41) is 14.7. The Labute approximate surface area is 114 Å². The molecule has 2 aromatic rings. The molecule has 0 saturated heterocycles. The van der Waals surface area contributed by atoms with Gasteiger partial charge in [-0.3, -0.25) is 4.68 Å². The summed E-state index contributed by atoms with van der Waals surface area (Å²) in [6.07, 6.45) is 6.41. The van der Waals surface area contributed by atoms with Crippen LogP contribution in [0.4, 0.5) is 0 Å². The molecule has 1 aromatic heterocycles. The quantitative estimate of drug-likeness (QED) is 0.895. The smallest absolute Gasteiger partial charge is 0.0871 e. The van der Waals surface area contributed by atoms with Crippen molar-refractivity contribution >= 4 is 0 Å². The Balaban J connectivity index is 2.04. The van der Waals surface area contributed by atoms with E-state index in [1.54, 1.807) is 4.68 Å². The van der Waals surface area contributed by atoms with Gasteiger partial charge in [0, 0.05) is 13.2 Å². The predicted octanol–water partition coefficient (Wildman–Crippen LogP) is 2.82. The highest BCUT2D eigenvalue weighted by Crippen LogP contribution is 2.26. The summed E-state index contributed by atoms with van der Waals surface area (Å²) >= 11 is 0. The molecule has 1 atom stereocenters. The van der Waals surface area contributed by atoms with Crippen LogP contribution in [-0.4, -0.2) is 14.9 Å². The van der Waals surface area contributed by atoms with Crippen molar-refractivity contribution in [3.63, 3.8) is 0 Å². The van der Waals surface area contributed by atoms with Crippen LogP contribution in [-0.2, 0) is 25.5 Å². The maximum atomic E-state index is 10.6. The Hall–Kier alpha value is -1.61. The van der Waals surface area contributed by atoms with Crippen LogP contribution in [0.5, 0.6) is 0 Å². The van der Waals surface area contributed by atoms with Crippen molar-refractivity contribution in [1.82, 2.24) is 9.78 Å². The molecule has 0 bridgehead atoms. The van der Waals surface area contributed by atoms with E-state index in [1.165, 1.54) is 5.56 Å². The molecule has 2 rings (SSSR count). The Morgan fingerprint density at radius 3 is 2.42 bits per heavy atom. The van der Waals surface area contributed by atoms with Crippen molar-refractivity contribution < 1.29 is 5.11 Å². The highest BCUT2D eigenvalue weighted by atomic mass is 16.3. The zero-order valence-corrected chi connectivity index (χ0v) is 11.9. The van der Waals surface area contributed by atoms with E-state index in [0.717, 1.165) is 24.0 Å². The third-order valence-corrected chi connectivity index (χ3v) is 3.64. The van der Waals surface area contributed by atoms with E-state index in [1.807, 2.05) is 38.5 Å². The number of aliphatic hydroxyl groups is 1. The van der Waals surface area contributed by atoms with Gasteiger partial charge in [-0.25, -0.2) is 0 Å². The molecule has 0 spiro atoms. The van der Waals surface area contributed by atoms with Crippen molar-refractivity contribution in [2.75, 3.05) is 0 Å². The molecular formula is C16H22N2O. The van der Waals surface area contributed by atoms with Gasteiger partial charge in [0.2, 0.25) is 0 Å². The first-order valence-corrected chi connectivity index (χ1v) is 6.80. The second-order valence-corrected chi connectivity index (χ2v) is 5.35. The number of hydrogen-bond acceptors (Lipinski definition) is 2. The van der Waals surface area contributed by atoms with Crippen molar-refractivity contribution in [3.8, 4) is 0 Å². The molecule has 0 saturated carbocycles. The van der Waals surface area contributed by atoms with Gasteiger partial charge < -0.3 is 5.11 Å². The van der Waals surface area contributed by atoms with Gasteiger partial charge in [0.05, 0.1) is 11.8 Å². The minimum Gasteiger partial charge on any atom is -0.385 e. The Kier molecular flexibility index (Phi) is 4.05. The summed E-state index contributed by atoms with van der Waals surface area (Å²) in [6.45, 7) is 4.01. The Morgan fingerprint density at radius 1 is 1.21 bits per heavy atom. The first kappa shape index (κ1) is 13.8. The van der Waals surface area contributed by atoms with E-state index in [-0.39, 0.29) is 0 Å². The predicted molar refractivity (Wildman–Crippen MR) is 76.9 cm³/mol. The summed E-state index contributed by atoms with van der Waals surface area (Å²) in [4.78, 5) is 0. The van der Waals surface area contributed by atoms with Crippen molar-refractivity contribution in [2.24, 2.45) is 7.05 Å². The highest BCUT2D eigenvalue weighted by Gasteiger charge is 2.22. The van der Waals surface area contributed by atoms with Crippen molar-refractivity contribution in [2.45, 2.75) is 38.7 Å². The van der Waals surface area contributed by atoms with E-state index in [4.69, 9.17) is 0 Å². The molecule has 1 heterocycles. The minimum absolute atomic E-state index is 0.699. The van der Waals surface area contributed by atoms with Crippen LogP contribution >= 0.6 is 0 Å². The molecular weight excluding hydrogens is 236 g/mol. The molecule has 0 amide bonds. The monoisotopic (exact) mass is 258 g/mol. The average molecular weight is 258 g/mol. The molecule has 19 heavy (non-hydrogen) atoms. The summed E-state index contributed by atoms with van der Waals surface area (Å²) < 4.78 is 1.79. The molecule has 0 aliphatic carbocycles. The number of hydrogen-bond donors (Lipinski definition) is 1. The van der Waals surface area contributed by atoms with E-state index in [9.17, 15) is 5.11 Å². The third-order valence-electron chi connectivity index (χ3n) is 3.64. The Morgan fingerprint density at radius 2 is 1.89 bits per heavy atom. The summed E-state index contributed by atoms with van der Waals surface area (Å²) in [5.41, 5.74) is 2.65. The standard InChI is InChI=1S/C16H22N2O/c1-4-13-5-7-15(8-6-13)16(2,19)10-9-14-11-17-18(3)12-14/h5-8,11-12,19H,4,9-10H2,1-3H3. The number of aromatic nitrogens is 2. The van der Waals surface area contributed by atoms with E-state index < -0.39 is 5.60 Å². The molecule has 0 radical (unpaired) electrons. The van der Waals surface area contributed by atoms with Gasteiger partial charge >= 0.3 is 0 Å². The molecule has 1 unspecified atom stereocenters. The van der Waals surface area contributed by atoms with Gasteiger partial charge in [-0.2, -0.15) is 5.10 Å². The normalized spacial score (nSPS) is 14.3. The molecule has 1 aromatic carbocycles. The van der Waals surface area contributed by atoms with E-state index in [2.05, 4.69) is 24.2 Å². The topological polar surface area (TPSA) is 38.1 Å². The lowest BCUT2D eigenvalue weighted by atomic mass is 9.89. The van der Waals surface area contributed by atoms with Crippen LogP contribution in [0.2, 0.25) is 0 Å². The van der Waals surface area contributed by atoms with Gasteiger partial charge in [0.1, 0.15) is 0 Å². The fraction of sp³-hybridized carbons (Fsp3) is 0.438. The maximum absolute atomic E-state index is 10.6. The Bertz CT molecular complexity index is 526. The highest BCUT2D eigenvalue weighted by molar-refractivity contribution is 5.27. The summed E-state index contributed by atoms with van der Waals surface area (Å²) in [6, 6.07) is 8.24. The lowest BCUT2D eigenvalue weighted by Gasteiger charge is -2.24. The van der Waals surface area contributed by atoms with Crippen molar-refractivity contribution in [3.05, 3.63) is 53.3 Å². The van der Waals surface area contributed by atoms with Gasteiger partial charge in [0.25, 0.3) is 0 Å². The average Bonchev–Trinajstić information content (AvgIpc) is 2.82. The fourth-order valence-electron chi connectivity index (χ4n) is 2.23. The largest absolute Gasteiger partial charge is 0.385 e. The van der Waals surface area contributed by atoms with E-state index in [0.29, 0.717) is 6.42 Å². The van der Waals surface area contributed by atoms with Crippen LogP contribution in [0.25, 0.3) is 0 Å². The van der Waals surface area contributed by atoms with Crippen LogP contribution in [0.1, 0.15) is 37.0 Å². The summed E-state index contributed by atoms with van der Waals surface area (Å²) in [5.74, 6) is 0. The number of rotatable bonds is 5. The third kappa shape index (κ3) is 3.44. The second kappa shape index (κ2) is 5.57. The van der Waals surface area contributed by atoms with Gasteiger partial charge in [0.15, 0.2) is 0 Å². The molecule has 102 valence electrons. The number of nitrogens with zero attached hydrogens (tertiary/aromatic N) is 2. The first-order valence-electron chi connectivity index (χ1n) is 6.80. The SMILES string of the molecule is CCc1ccc(C(C)(O)CCc2cnn(C)c2)cc1. The molecule has 0 aliphatic heterocycles. The van der Waals surface area contributed by atoms with Gasteiger partial charge in [-0.05, 0) is 42.9 Å². The first-order chi connectivity index (χ1) is 9.01. The van der Waals surface area contributed by atoms with E-state index >= 15 is 0 Å². The second-order valence-electron chi connectivity index (χ2n) is 5.35. The lowest BCUT2D eigenvalue weighted by molar-refractivity contribution is 0.0480. The molecule has 0 fully saturated rings. The summed E-state index contributed by atoms with van der Waals surface area (Å²) in [7, 11) is 1.91.